The highest BCUT2D eigenvalue weighted by molar-refractivity contribution is 9.10. The Morgan fingerprint density at radius 2 is 1.89 bits per heavy atom. The Morgan fingerprint density at radius 1 is 1.22 bits per heavy atom. The third-order valence-electron chi connectivity index (χ3n) is 7.36. The van der Waals surface area contributed by atoms with Gasteiger partial charge in [0.2, 0.25) is 5.91 Å². The number of methoxy groups -OCH3 is 1. The molecular weight excluding hydrogens is 422 g/mol. The van der Waals surface area contributed by atoms with Crippen molar-refractivity contribution in [1.29, 1.82) is 0 Å². The second-order valence-corrected chi connectivity index (χ2v) is 11.4. The molecule has 1 aliphatic heterocycles. The molecule has 4 bridgehead atoms. The van der Waals surface area contributed by atoms with Gasteiger partial charge in [0.25, 0.3) is 0 Å². The van der Waals surface area contributed by atoms with Gasteiger partial charge in [-0.3, -0.25) is 4.79 Å². The van der Waals surface area contributed by atoms with E-state index in [0.29, 0.717) is 11.3 Å². The Morgan fingerprint density at radius 3 is 2.52 bits per heavy atom. The van der Waals surface area contributed by atoms with E-state index in [4.69, 9.17) is 4.74 Å². The summed E-state index contributed by atoms with van der Waals surface area (Å²) in [5, 5.41) is 0.0823. The Kier molecular flexibility index (Phi) is 4.75. The quantitative estimate of drug-likeness (QED) is 0.595. The molecular formula is C22H28BrNO2S. The summed E-state index contributed by atoms with van der Waals surface area (Å²) in [6.07, 6.45) is 8.98. The van der Waals surface area contributed by atoms with Crippen LogP contribution in [0.25, 0.3) is 0 Å². The minimum atomic E-state index is 0.0823. The van der Waals surface area contributed by atoms with Crippen molar-refractivity contribution in [3.8, 4) is 5.75 Å². The van der Waals surface area contributed by atoms with Crippen LogP contribution < -0.4 is 4.74 Å². The van der Waals surface area contributed by atoms with Crippen molar-refractivity contribution in [3.05, 3.63) is 28.2 Å². The SMILES string of the molecule is COc1ccc(Br)cc1C1SCCN1C(=O)CC12CC3CC(CC(C3)C1)C2. The van der Waals surface area contributed by atoms with Gasteiger partial charge >= 0.3 is 0 Å². The van der Waals surface area contributed by atoms with E-state index in [2.05, 4.69) is 26.9 Å². The second kappa shape index (κ2) is 6.98. The van der Waals surface area contributed by atoms with E-state index in [1.54, 1.807) is 7.11 Å². The molecule has 0 aromatic heterocycles. The summed E-state index contributed by atoms with van der Waals surface area (Å²) in [6.45, 7) is 0.857. The van der Waals surface area contributed by atoms with E-state index in [1.807, 2.05) is 23.9 Å². The number of benzene rings is 1. The van der Waals surface area contributed by atoms with E-state index < -0.39 is 0 Å². The molecule has 146 valence electrons. The molecule has 1 aromatic carbocycles. The largest absolute Gasteiger partial charge is 0.496 e. The van der Waals surface area contributed by atoms with E-state index in [9.17, 15) is 4.79 Å². The van der Waals surface area contributed by atoms with Gasteiger partial charge in [-0.05, 0) is 79.9 Å². The van der Waals surface area contributed by atoms with Crippen LogP contribution >= 0.6 is 27.7 Å². The summed E-state index contributed by atoms with van der Waals surface area (Å²) in [5.41, 5.74) is 1.43. The van der Waals surface area contributed by atoms with E-state index >= 15 is 0 Å². The minimum absolute atomic E-state index is 0.0823. The van der Waals surface area contributed by atoms with Gasteiger partial charge in [0, 0.05) is 28.8 Å². The summed E-state index contributed by atoms with van der Waals surface area (Å²) in [6, 6.07) is 6.12. The molecule has 1 amide bonds. The molecule has 0 radical (unpaired) electrons. The first-order valence-electron chi connectivity index (χ1n) is 10.3. The zero-order chi connectivity index (χ0) is 18.6. The average Bonchev–Trinajstić information content (AvgIpc) is 3.10. The molecule has 6 rings (SSSR count). The Labute approximate surface area is 174 Å². The lowest BCUT2D eigenvalue weighted by Gasteiger charge is -2.57. The van der Waals surface area contributed by atoms with Crippen LogP contribution in [0.5, 0.6) is 5.75 Å². The van der Waals surface area contributed by atoms with Crippen LogP contribution in [-0.4, -0.2) is 30.2 Å². The molecule has 5 fully saturated rings. The van der Waals surface area contributed by atoms with E-state index in [0.717, 1.165) is 52.3 Å². The molecule has 1 heterocycles. The number of carbonyl (C=O) groups is 1. The maximum atomic E-state index is 13.5. The molecule has 5 aliphatic rings. The summed E-state index contributed by atoms with van der Waals surface area (Å²) in [7, 11) is 1.72. The fraction of sp³-hybridized carbons (Fsp3) is 0.682. The summed E-state index contributed by atoms with van der Waals surface area (Å²) >= 11 is 5.45. The zero-order valence-electron chi connectivity index (χ0n) is 16.0. The van der Waals surface area contributed by atoms with Gasteiger partial charge in [-0.2, -0.15) is 0 Å². The normalized spacial score (nSPS) is 37.0. The van der Waals surface area contributed by atoms with Crippen molar-refractivity contribution in [1.82, 2.24) is 4.90 Å². The maximum Gasteiger partial charge on any atom is 0.224 e. The van der Waals surface area contributed by atoms with Crippen LogP contribution in [0.2, 0.25) is 0 Å². The number of amides is 1. The second-order valence-electron chi connectivity index (χ2n) is 9.29. The number of hydrogen-bond donors (Lipinski definition) is 0. The van der Waals surface area contributed by atoms with Crippen LogP contribution in [0.4, 0.5) is 0 Å². The van der Waals surface area contributed by atoms with Gasteiger partial charge in [0.15, 0.2) is 0 Å². The van der Waals surface area contributed by atoms with Crippen molar-refractivity contribution in [3.63, 3.8) is 0 Å². The number of ether oxygens (including phenoxy) is 1. The van der Waals surface area contributed by atoms with Gasteiger partial charge in [-0.15, -0.1) is 11.8 Å². The lowest BCUT2D eigenvalue weighted by atomic mass is 9.49. The molecule has 1 saturated heterocycles. The monoisotopic (exact) mass is 449 g/mol. The maximum absolute atomic E-state index is 13.5. The Hall–Kier alpha value is -0.680. The molecule has 1 aromatic rings. The van der Waals surface area contributed by atoms with Crippen molar-refractivity contribution in [2.24, 2.45) is 23.2 Å². The third-order valence-corrected chi connectivity index (χ3v) is 9.10. The van der Waals surface area contributed by atoms with Gasteiger partial charge < -0.3 is 9.64 Å². The highest BCUT2D eigenvalue weighted by Crippen LogP contribution is 2.61. The summed E-state index contributed by atoms with van der Waals surface area (Å²) in [5.74, 6) is 4.96. The summed E-state index contributed by atoms with van der Waals surface area (Å²) in [4.78, 5) is 15.6. The Bertz CT molecular complexity index is 717. The van der Waals surface area contributed by atoms with Crippen molar-refractivity contribution >= 4 is 33.6 Å². The van der Waals surface area contributed by atoms with Crippen molar-refractivity contribution in [2.45, 2.75) is 50.3 Å². The Balaban J connectivity index is 1.36. The average molecular weight is 450 g/mol. The topological polar surface area (TPSA) is 29.5 Å². The fourth-order valence-electron chi connectivity index (χ4n) is 6.81. The molecule has 27 heavy (non-hydrogen) atoms. The third kappa shape index (κ3) is 3.33. The molecule has 0 spiro atoms. The highest BCUT2D eigenvalue weighted by Gasteiger charge is 2.52. The first kappa shape index (κ1) is 18.4. The van der Waals surface area contributed by atoms with Crippen molar-refractivity contribution in [2.75, 3.05) is 19.4 Å². The zero-order valence-corrected chi connectivity index (χ0v) is 18.4. The molecule has 1 unspecified atom stereocenters. The van der Waals surface area contributed by atoms with Crippen LogP contribution in [0.1, 0.15) is 55.9 Å². The predicted molar refractivity (Wildman–Crippen MR) is 113 cm³/mol. The molecule has 4 saturated carbocycles. The lowest BCUT2D eigenvalue weighted by molar-refractivity contribution is -0.139. The number of hydrogen-bond acceptors (Lipinski definition) is 3. The molecule has 1 atom stereocenters. The number of halogens is 1. The molecule has 5 heteroatoms. The number of nitrogens with zero attached hydrogens (tertiary/aromatic N) is 1. The van der Waals surface area contributed by atoms with Crippen molar-refractivity contribution < 1.29 is 9.53 Å². The van der Waals surface area contributed by atoms with E-state index in [-0.39, 0.29) is 5.37 Å². The van der Waals surface area contributed by atoms with E-state index in [1.165, 1.54) is 38.5 Å². The van der Waals surface area contributed by atoms with Crippen LogP contribution in [0.3, 0.4) is 0 Å². The highest BCUT2D eigenvalue weighted by atomic mass is 79.9. The first-order chi connectivity index (χ1) is 13.0. The van der Waals surface area contributed by atoms with Crippen LogP contribution in [0.15, 0.2) is 22.7 Å². The fourth-order valence-corrected chi connectivity index (χ4v) is 8.48. The standard InChI is InChI=1S/C22H28BrNO2S/c1-26-19-3-2-17(23)9-18(19)21-24(4-5-27-21)20(25)13-22-10-14-6-15(11-22)8-16(7-14)12-22/h2-3,9,14-16,21H,4-8,10-13H2,1H3. The van der Waals surface area contributed by atoms with Crippen LogP contribution in [0, 0.1) is 23.2 Å². The van der Waals surface area contributed by atoms with Gasteiger partial charge in [0.05, 0.1) is 7.11 Å². The number of carbonyl (C=O) groups excluding carboxylic acids is 1. The van der Waals surface area contributed by atoms with Gasteiger partial charge in [0.1, 0.15) is 11.1 Å². The predicted octanol–water partition coefficient (Wildman–Crippen LogP) is 5.64. The molecule has 4 aliphatic carbocycles. The summed E-state index contributed by atoms with van der Waals surface area (Å²) < 4.78 is 6.64. The number of thioether (sulfide) groups is 1. The lowest BCUT2D eigenvalue weighted by Crippen LogP contribution is -2.48. The molecule has 3 nitrogen and oxygen atoms in total. The van der Waals surface area contributed by atoms with Gasteiger partial charge in [-0.25, -0.2) is 0 Å². The minimum Gasteiger partial charge on any atom is -0.496 e. The number of rotatable bonds is 4. The van der Waals surface area contributed by atoms with Gasteiger partial charge in [-0.1, -0.05) is 15.9 Å². The first-order valence-corrected chi connectivity index (χ1v) is 12.1. The smallest absolute Gasteiger partial charge is 0.224 e. The molecule has 0 N–H and O–H groups in total. The van der Waals surface area contributed by atoms with Crippen LogP contribution in [-0.2, 0) is 4.79 Å².